The number of nitrogens with one attached hydrogen (secondary N) is 1. The summed E-state index contributed by atoms with van der Waals surface area (Å²) >= 11 is 0. The van der Waals surface area contributed by atoms with Gasteiger partial charge in [-0.25, -0.2) is 0 Å². The monoisotopic (exact) mass is 519 g/mol. The van der Waals surface area contributed by atoms with Crippen molar-refractivity contribution in [3.05, 3.63) is 75.8 Å². The number of anilines is 1. The van der Waals surface area contributed by atoms with Crippen LogP contribution in [0, 0.1) is 10.1 Å². The molecule has 2 aromatic carbocycles. The van der Waals surface area contributed by atoms with E-state index in [-0.39, 0.29) is 10.6 Å². The van der Waals surface area contributed by atoms with Gasteiger partial charge >= 0.3 is 0 Å². The van der Waals surface area contributed by atoms with Gasteiger partial charge in [-0.1, -0.05) is 115 Å². The molecule has 5 nitrogen and oxygen atoms in total. The number of nitro groups is 1. The number of rotatable bonds is 20. The molecule has 0 saturated heterocycles. The molecule has 0 atom stereocenters. The Labute approximate surface area is 230 Å². The molecule has 1 heterocycles. The molecule has 0 saturated carbocycles. The predicted molar refractivity (Wildman–Crippen MR) is 161 cm³/mol. The smallest absolute Gasteiger partial charge is 0.269 e. The summed E-state index contributed by atoms with van der Waals surface area (Å²) in [6.07, 6.45) is 25.7. The van der Waals surface area contributed by atoms with Crippen LogP contribution < -0.4 is 10.4 Å². The Hall–Kier alpha value is -2.82. The molecule has 1 aliphatic heterocycles. The Morgan fingerprint density at radius 1 is 0.711 bits per heavy atom. The van der Waals surface area contributed by atoms with Gasteiger partial charge in [0.2, 0.25) is 0 Å². The zero-order chi connectivity index (χ0) is 26.8. The van der Waals surface area contributed by atoms with E-state index in [1.54, 1.807) is 24.3 Å². The zero-order valence-electron chi connectivity index (χ0n) is 23.6. The van der Waals surface area contributed by atoms with E-state index >= 15 is 0 Å². The van der Waals surface area contributed by atoms with Crippen LogP contribution >= 0.6 is 0 Å². The topological polar surface area (TPSA) is 58.4 Å². The minimum atomic E-state index is -0.367. The van der Waals surface area contributed by atoms with E-state index < -0.39 is 0 Å². The molecule has 3 rings (SSSR count). The van der Waals surface area contributed by atoms with Crippen molar-refractivity contribution in [3.8, 4) is 0 Å². The Balaban J connectivity index is 1.19. The molecule has 0 spiro atoms. The van der Waals surface area contributed by atoms with Crippen molar-refractivity contribution in [3.63, 3.8) is 0 Å². The van der Waals surface area contributed by atoms with Crippen LogP contribution in [0.3, 0.4) is 0 Å². The van der Waals surface area contributed by atoms with Crippen LogP contribution in [0.5, 0.6) is 0 Å². The summed E-state index contributed by atoms with van der Waals surface area (Å²) in [5.41, 5.74) is 8.01. The fourth-order valence-electron chi connectivity index (χ4n) is 5.25. The second-order valence-corrected chi connectivity index (χ2v) is 10.9. The number of benzene rings is 2. The average molecular weight is 520 g/mol. The fraction of sp³-hybridized carbons (Fsp3) is 0.576. The molecule has 1 N–H and O–H groups in total. The lowest BCUT2D eigenvalue weighted by Gasteiger charge is -2.21. The zero-order valence-corrected chi connectivity index (χ0v) is 23.6. The first-order chi connectivity index (χ1) is 18.7. The molecule has 208 valence electrons. The van der Waals surface area contributed by atoms with Crippen molar-refractivity contribution >= 4 is 17.1 Å². The molecule has 0 amide bonds. The second-order valence-electron chi connectivity index (χ2n) is 10.9. The minimum absolute atomic E-state index is 0.115. The van der Waals surface area contributed by atoms with Crippen LogP contribution in [-0.4, -0.2) is 11.5 Å². The Bertz CT molecular complexity index is 953. The molecule has 38 heavy (non-hydrogen) atoms. The molecular formula is C33H49N3O2. The number of hydrazine groups is 1. The first-order valence-electron chi connectivity index (χ1n) is 15.3. The van der Waals surface area contributed by atoms with Crippen LogP contribution in [0.25, 0.3) is 5.70 Å². The summed E-state index contributed by atoms with van der Waals surface area (Å²) in [5.74, 6) is 0. The lowest BCUT2D eigenvalue weighted by molar-refractivity contribution is -0.384. The summed E-state index contributed by atoms with van der Waals surface area (Å²) in [5, 5.41) is 13.0. The molecule has 2 aromatic rings. The van der Waals surface area contributed by atoms with E-state index in [1.807, 2.05) is 0 Å². The van der Waals surface area contributed by atoms with E-state index in [0.717, 1.165) is 29.9 Å². The molecule has 5 heteroatoms. The van der Waals surface area contributed by atoms with Gasteiger partial charge in [0.15, 0.2) is 0 Å². The first-order valence-corrected chi connectivity index (χ1v) is 15.3. The van der Waals surface area contributed by atoms with Crippen LogP contribution in [0.1, 0.15) is 121 Å². The quantitative estimate of drug-likeness (QED) is 0.107. The molecule has 0 aromatic heterocycles. The van der Waals surface area contributed by atoms with E-state index in [0.29, 0.717) is 0 Å². The largest absolute Gasteiger partial charge is 0.298 e. The maximum Gasteiger partial charge on any atom is 0.269 e. The lowest BCUT2D eigenvalue weighted by Crippen LogP contribution is -2.31. The Morgan fingerprint density at radius 3 is 1.71 bits per heavy atom. The van der Waals surface area contributed by atoms with E-state index in [9.17, 15) is 10.1 Å². The number of hydrogen-bond acceptors (Lipinski definition) is 4. The standard InChI is InChI=1S/C33H49N3O2/c1-2-3-4-5-6-7-8-9-10-11-12-13-14-15-16-17-18-29-19-23-31(24-20-29)35-28-27-33(34-35)30-21-25-32(26-22-30)36(37)38/h19-27,34H,2-18,28H2,1H3. The number of nitrogens with zero attached hydrogens (tertiary/aromatic N) is 2. The maximum absolute atomic E-state index is 10.9. The van der Waals surface area contributed by atoms with E-state index in [2.05, 4.69) is 47.7 Å². The van der Waals surface area contributed by atoms with Gasteiger partial charge in [0.05, 0.1) is 22.9 Å². The number of aryl methyl sites for hydroxylation is 1. The fourth-order valence-corrected chi connectivity index (χ4v) is 5.25. The SMILES string of the molecule is CCCCCCCCCCCCCCCCCCc1ccc(N2CC=C(c3ccc([N+](=O)[O-])cc3)N2)cc1. The van der Waals surface area contributed by atoms with Gasteiger partial charge in [-0.2, -0.15) is 0 Å². The molecular weight excluding hydrogens is 470 g/mol. The third kappa shape index (κ3) is 10.9. The lowest BCUT2D eigenvalue weighted by atomic mass is 10.0. The van der Waals surface area contributed by atoms with Gasteiger partial charge in [0, 0.05) is 12.1 Å². The highest BCUT2D eigenvalue weighted by Crippen LogP contribution is 2.24. The highest BCUT2D eigenvalue weighted by Gasteiger charge is 2.16. The van der Waals surface area contributed by atoms with Gasteiger partial charge in [-0.15, -0.1) is 0 Å². The van der Waals surface area contributed by atoms with Crippen molar-refractivity contribution < 1.29 is 4.92 Å². The van der Waals surface area contributed by atoms with Crippen LogP contribution in [0.15, 0.2) is 54.6 Å². The summed E-state index contributed by atoms with van der Waals surface area (Å²) in [4.78, 5) is 10.5. The minimum Gasteiger partial charge on any atom is -0.298 e. The van der Waals surface area contributed by atoms with Crippen molar-refractivity contribution in [2.24, 2.45) is 0 Å². The highest BCUT2D eigenvalue weighted by atomic mass is 16.6. The Kier molecular flexibility index (Phi) is 13.8. The van der Waals surface area contributed by atoms with E-state index in [1.165, 1.54) is 108 Å². The number of hydrogen-bond donors (Lipinski definition) is 1. The maximum atomic E-state index is 10.9. The predicted octanol–water partition coefficient (Wildman–Crippen LogP) is 9.76. The first kappa shape index (κ1) is 29.7. The number of nitro benzene ring substituents is 1. The second kappa shape index (κ2) is 17.6. The van der Waals surface area contributed by atoms with Crippen molar-refractivity contribution in [1.29, 1.82) is 0 Å². The van der Waals surface area contributed by atoms with Crippen LogP contribution in [-0.2, 0) is 6.42 Å². The van der Waals surface area contributed by atoms with Crippen molar-refractivity contribution in [1.82, 2.24) is 5.43 Å². The molecule has 0 aliphatic carbocycles. The molecule has 0 unspecified atom stereocenters. The summed E-state index contributed by atoms with van der Waals surface area (Å²) < 4.78 is 0. The summed E-state index contributed by atoms with van der Waals surface area (Å²) in [6, 6.07) is 15.5. The molecule has 0 radical (unpaired) electrons. The van der Waals surface area contributed by atoms with Crippen molar-refractivity contribution in [2.75, 3.05) is 11.6 Å². The normalized spacial score (nSPS) is 13.0. The van der Waals surface area contributed by atoms with E-state index in [4.69, 9.17) is 0 Å². The Morgan fingerprint density at radius 2 is 1.21 bits per heavy atom. The molecule has 1 aliphatic rings. The molecule has 0 fully saturated rings. The molecule has 0 bridgehead atoms. The van der Waals surface area contributed by atoms with Gasteiger partial charge in [0.1, 0.15) is 0 Å². The summed E-state index contributed by atoms with van der Waals surface area (Å²) in [6.45, 7) is 3.06. The van der Waals surface area contributed by atoms with Crippen LogP contribution in [0.2, 0.25) is 0 Å². The third-order valence-corrected chi connectivity index (χ3v) is 7.69. The van der Waals surface area contributed by atoms with Gasteiger partial charge in [-0.3, -0.25) is 20.5 Å². The number of unbranched alkanes of at least 4 members (excludes halogenated alkanes) is 15. The number of non-ortho nitro benzene ring substituents is 1. The van der Waals surface area contributed by atoms with Gasteiger partial charge in [-0.05, 0) is 54.3 Å². The highest BCUT2D eigenvalue weighted by molar-refractivity contribution is 5.70. The third-order valence-electron chi connectivity index (χ3n) is 7.69. The van der Waals surface area contributed by atoms with Gasteiger partial charge in [0.25, 0.3) is 5.69 Å². The average Bonchev–Trinajstić information content (AvgIpc) is 3.44. The van der Waals surface area contributed by atoms with Crippen molar-refractivity contribution in [2.45, 2.75) is 116 Å². The van der Waals surface area contributed by atoms with Crippen LogP contribution in [0.4, 0.5) is 11.4 Å². The van der Waals surface area contributed by atoms with Gasteiger partial charge < -0.3 is 0 Å². The summed E-state index contributed by atoms with van der Waals surface area (Å²) in [7, 11) is 0.